The summed E-state index contributed by atoms with van der Waals surface area (Å²) in [5.74, 6) is 0.450. The van der Waals surface area contributed by atoms with E-state index in [2.05, 4.69) is 10.2 Å². The van der Waals surface area contributed by atoms with E-state index < -0.39 is 22.9 Å². The average molecular weight is 596 g/mol. The number of aryl methyl sites for hydroxylation is 1. The van der Waals surface area contributed by atoms with Gasteiger partial charge in [0.25, 0.3) is 5.56 Å². The molecule has 1 aromatic carbocycles. The van der Waals surface area contributed by atoms with E-state index in [9.17, 15) is 14.4 Å². The molecule has 11 nitrogen and oxygen atoms in total. The van der Waals surface area contributed by atoms with Crippen molar-refractivity contribution in [2.45, 2.75) is 77.7 Å². The summed E-state index contributed by atoms with van der Waals surface area (Å²) >= 11 is 1.26. The zero-order valence-electron chi connectivity index (χ0n) is 24.7. The number of hydrogen-bond donors (Lipinski definition) is 0. The van der Waals surface area contributed by atoms with Gasteiger partial charge in [-0.3, -0.25) is 14.2 Å². The van der Waals surface area contributed by atoms with Gasteiger partial charge in [-0.15, -0.1) is 4.80 Å². The fourth-order valence-corrected chi connectivity index (χ4v) is 6.73. The molecule has 4 aromatic rings. The van der Waals surface area contributed by atoms with Crippen molar-refractivity contribution in [3.8, 4) is 10.8 Å². The molecule has 1 atom stereocenters. The Kier molecular flexibility index (Phi) is 8.76. The Morgan fingerprint density at radius 2 is 1.86 bits per heavy atom. The summed E-state index contributed by atoms with van der Waals surface area (Å²) in [5, 5.41) is 9.51. The van der Waals surface area contributed by atoms with Gasteiger partial charge in [-0.25, -0.2) is 9.36 Å². The smallest absolute Gasteiger partial charge is 0.333 e. The minimum atomic E-state index is -1.36. The fraction of sp³-hybridized carbons (Fsp3) is 0.500. The van der Waals surface area contributed by atoms with Crippen LogP contribution in [0.4, 0.5) is 0 Å². The van der Waals surface area contributed by atoms with E-state index >= 15 is 0 Å². The van der Waals surface area contributed by atoms with Crippen LogP contribution in [0, 0.1) is 6.92 Å². The quantitative estimate of drug-likeness (QED) is 0.254. The van der Waals surface area contributed by atoms with Gasteiger partial charge in [0.2, 0.25) is 0 Å². The third-order valence-electron chi connectivity index (χ3n) is 7.87. The lowest BCUT2D eigenvalue weighted by Crippen LogP contribution is -2.52. The normalized spacial score (nSPS) is 15.3. The molecule has 0 saturated carbocycles. The molecule has 1 aliphatic rings. The van der Waals surface area contributed by atoms with Crippen molar-refractivity contribution in [1.82, 2.24) is 24.1 Å². The van der Waals surface area contributed by atoms with Crippen LogP contribution in [0.3, 0.4) is 0 Å². The Bertz CT molecular complexity index is 1680. The summed E-state index contributed by atoms with van der Waals surface area (Å²) < 4.78 is 20.6. The molecule has 0 unspecified atom stereocenters. The SMILES string of the molecule is CCCC(=O)C(C)(C)n1c(=O)c2c(C)c(-n3nccn3)sc2n(C[C@H](OC2CCOCC2)c2ccccc2OC)c1=O. The van der Waals surface area contributed by atoms with Gasteiger partial charge in [0.1, 0.15) is 27.2 Å². The van der Waals surface area contributed by atoms with Crippen LogP contribution in [0.25, 0.3) is 15.2 Å². The molecule has 224 valence electrons. The summed E-state index contributed by atoms with van der Waals surface area (Å²) in [6, 6.07) is 7.57. The predicted molar refractivity (Wildman–Crippen MR) is 160 cm³/mol. The topological polar surface area (TPSA) is 119 Å². The van der Waals surface area contributed by atoms with Gasteiger partial charge in [0, 0.05) is 30.8 Å². The molecular weight excluding hydrogens is 558 g/mol. The van der Waals surface area contributed by atoms with Crippen LogP contribution in [-0.2, 0) is 26.4 Å². The highest BCUT2D eigenvalue weighted by atomic mass is 32.1. The van der Waals surface area contributed by atoms with Crippen molar-refractivity contribution in [3.05, 3.63) is 68.6 Å². The third kappa shape index (κ3) is 5.46. The Hall–Kier alpha value is -3.61. The summed E-state index contributed by atoms with van der Waals surface area (Å²) in [6.07, 6.45) is 4.75. The number of benzene rings is 1. The maximum atomic E-state index is 14.4. The molecular formula is C30H37N5O6S. The van der Waals surface area contributed by atoms with Crippen molar-refractivity contribution in [2.24, 2.45) is 0 Å². The molecule has 5 rings (SSSR count). The molecule has 0 bridgehead atoms. The maximum absolute atomic E-state index is 14.4. The number of fused-ring (bicyclic) bond motifs is 1. The molecule has 12 heteroatoms. The number of carbonyl (C=O) groups is 1. The highest BCUT2D eigenvalue weighted by Gasteiger charge is 2.35. The molecule has 0 aliphatic carbocycles. The van der Waals surface area contributed by atoms with Crippen molar-refractivity contribution >= 4 is 27.3 Å². The Morgan fingerprint density at radius 3 is 2.52 bits per heavy atom. The number of hydrogen-bond acceptors (Lipinski definition) is 9. The van der Waals surface area contributed by atoms with Gasteiger partial charge in [-0.2, -0.15) is 10.2 Å². The second-order valence-corrected chi connectivity index (χ2v) is 12.0. The maximum Gasteiger partial charge on any atom is 0.333 e. The van der Waals surface area contributed by atoms with Crippen LogP contribution < -0.4 is 16.0 Å². The summed E-state index contributed by atoms with van der Waals surface area (Å²) in [6.45, 7) is 8.27. The second kappa shape index (κ2) is 12.3. The van der Waals surface area contributed by atoms with Crippen LogP contribution in [-0.4, -0.2) is 56.3 Å². The highest BCUT2D eigenvalue weighted by molar-refractivity contribution is 7.21. The van der Waals surface area contributed by atoms with Gasteiger partial charge < -0.3 is 14.2 Å². The highest BCUT2D eigenvalue weighted by Crippen LogP contribution is 2.35. The number of nitrogens with zero attached hydrogens (tertiary/aromatic N) is 5. The molecule has 0 amide bonds. The first-order valence-corrected chi connectivity index (χ1v) is 15.1. The third-order valence-corrected chi connectivity index (χ3v) is 9.15. The minimum Gasteiger partial charge on any atom is -0.496 e. The van der Waals surface area contributed by atoms with Gasteiger partial charge >= 0.3 is 5.69 Å². The van der Waals surface area contributed by atoms with Gasteiger partial charge in [0.15, 0.2) is 5.78 Å². The number of carbonyl (C=O) groups excluding carboxylic acids is 1. The van der Waals surface area contributed by atoms with Crippen LogP contribution in [0.1, 0.15) is 63.7 Å². The number of ketones is 1. The summed E-state index contributed by atoms with van der Waals surface area (Å²) in [4.78, 5) is 43.8. The van der Waals surface area contributed by atoms with E-state index in [1.807, 2.05) is 38.1 Å². The number of para-hydroxylation sites is 1. The Balaban J connectivity index is 1.75. The zero-order chi connectivity index (χ0) is 30.0. The van der Waals surface area contributed by atoms with E-state index in [0.29, 0.717) is 46.2 Å². The number of rotatable bonds is 11. The standard InChI is InChI=1S/C30H37N5O6S/c1-6-9-24(36)30(3,4)34-26(37)25-19(2)27(35-31-14-15-32-35)42-28(25)33(29(34)38)18-23(41-20-12-16-40-17-13-20)21-10-7-8-11-22(21)39-5/h7-8,10-11,14-15,20,23H,6,9,12-13,16-18H2,1-5H3/t23-/m0/s1. The number of ether oxygens (including phenoxy) is 3. The van der Waals surface area contributed by atoms with Crippen molar-refractivity contribution in [2.75, 3.05) is 20.3 Å². The van der Waals surface area contributed by atoms with Crippen molar-refractivity contribution in [1.29, 1.82) is 0 Å². The molecule has 0 radical (unpaired) electrons. The molecule has 42 heavy (non-hydrogen) atoms. The van der Waals surface area contributed by atoms with E-state index in [1.54, 1.807) is 37.9 Å². The molecule has 0 N–H and O–H groups in total. The average Bonchev–Trinajstić information content (AvgIpc) is 3.63. The van der Waals surface area contributed by atoms with Crippen molar-refractivity contribution < 1.29 is 19.0 Å². The first kappa shape index (κ1) is 29.9. The lowest BCUT2D eigenvalue weighted by molar-refractivity contribution is -0.126. The first-order chi connectivity index (χ1) is 20.2. The molecule has 1 fully saturated rings. The lowest BCUT2D eigenvalue weighted by Gasteiger charge is -2.30. The summed E-state index contributed by atoms with van der Waals surface area (Å²) in [7, 11) is 1.60. The lowest BCUT2D eigenvalue weighted by atomic mass is 9.95. The second-order valence-electron chi connectivity index (χ2n) is 11.0. The molecule has 0 spiro atoms. The largest absolute Gasteiger partial charge is 0.496 e. The van der Waals surface area contributed by atoms with Crippen LogP contribution in [0.2, 0.25) is 0 Å². The number of thiophene rings is 1. The monoisotopic (exact) mass is 595 g/mol. The van der Waals surface area contributed by atoms with E-state index in [4.69, 9.17) is 14.2 Å². The molecule has 1 aliphatic heterocycles. The van der Waals surface area contributed by atoms with Gasteiger partial charge in [0.05, 0.1) is 37.5 Å². The van der Waals surface area contributed by atoms with Crippen LogP contribution >= 0.6 is 11.3 Å². The van der Waals surface area contributed by atoms with Crippen molar-refractivity contribution in [3.63, 3.8) is 0 Å². The van der Waals surface area contributed by atoms with Crippen LogP contribution in [0.5, 0.6) is 5.75 Å². The number of methoxy groups -OCH3 is 1. The number of aromatic nitrogens is 5. The first-order valence-electron chi connectivity index (χ1n) is 14.2. The van der Waals surface area contributed by atoms with Gasteiger partial charge in [-0.05, 0) is 46.1 Å². The summed E-state index contributed by atoms with van der Waals surface area (Å²) in [5.41, 5.74) is -1.02. The molecule has 4 heterocycles. The van der Waals surface area contributed by atoms with E-state index in [1.165, 1.54) is 16.1 Å². The Morgan fingerprint density at radius 1 is 1.17 bits per heavy atom. The molecule has 1 saturated heterocycles. The number of Topliss-reactive ketones (excluding diaryl/α,β-unsaturated/α-hetero) is 1. The Labute approximate surface area is 247 Å². The predicted octanol–water partition coefficient (Wildman–Crippen LogP) is 4.16. The van der Waals surface area contributed by atoms with E-state index in [-0.39, 0.29) is 24.9 Å². The van der Waals surface area contributed by atoms with E-state index in [0.717, 1.165) is 23.0 Å². The van der Waals surface area contributed by atoms with Crippen LogP contribution in [0.15, 0.2) is 46.2 Å². The minimum absolute atomic E-state index is 0.0813. The fourth-order valence-electron chi connectivity index (χ4n) is 5.52. The van der Waals surface area contributed by atoms with Gasteiger partial charge in [-0.1, -0.05) is 36.5 Å². The molecule has 3 aromatic heterocycles. The zero-order valence-corrected chi connectivity index (χ0v) is 25.5.